The monoisotopic (exact) mass is 895 g/mol. The summed E-state index contributed by atoms with van der Waals surface area (Å²) in [5.41, 5.74) is 20.2. The minimum Gasteiger partial charge on any atom is -0.456 e. The first-order valence-electron chi connectivity index (χ1n) is 23.7. The van der Waals surface area contributed by atoms with Crippen LogP contribution in [0.2, 0.25) is 0 Å². The van der Waals surface area contributed by atoms with E-state index in [0.29, 0.717) is 0 Å². The van der Waals surface area contributed by atoms with Gasteiger partial charge in [0.2, 0.25) is 0 Å². The van der Waals surface area contributed by atoms with Crippen LogP contribution < -0.4 is 4.90 Å². The van der Waals surface area contributed by atoms with Crippen LogP contribution in [0, 0.1) is 0 Å². The predicted molar refractivity (Wildman–Crippen MR) is 290 cm³/mol. The van der Waals surface area contributed by atoms with Crippen LogP contribution in [0.25, 0.3) is 121 Å². The maximum Gasteiger partial charge on any atom is 0.135 e. The van der Waals surface area contributed by atoms with Crippen molar-refractivity contribution in [3.8, 4) is 55.6 Å². The molecule has 0 bridgehead atoms. The molecule has 0 saturated heterocycles. The molecule has 0 spiro atoms. The summed E-state index contributed by atoms with van der Waals surface area (Å²) >= 11 is 0. The topological polar surface area (TPSA) is 42.7 Å². The van der Waals surface area contributed by atoms with Gasteiger partial charge in [-0.3, -0.25) is 0 Å². The molecule has 0 aliphatic rings. The number of benzene rings is 11. The fraction of sp³-hybridized carbons (Fsp3) is 0. The van der Waals surface area contributed by atoms with Crippen molar-refractivity contribution in [2.75, 3.05) is 4.90 Å². The molecule has 4 nitrogen and oxygen atoms in total. The van der Waals surface area contributed by atoms with Gasteiger partial charge in [-0.2, -0.15) is 0 Å². The highest BCUT2D eigenvalue weighted by Gasteiger charge is 2.16. The van der Waals surface area contributed by atoms with E-state index in [1.165, 1.54) is 22.3 Å². The second-order valence-electron chi connectivity index (χ2n) is 18.1. The molecule has 11 aromatic carbocycles. The fourth-order valence-corrected chi connectivity index (χ4v) is 10.3. The molecule has 14 rings (SSSR count). The summed E-state index contributed by atoms with van der Waals surface area (Å²) < 4.78 is 18.4. The van der Waals surface area contributed by atoms with E-state index in [4.69, 9.17) is 13.3 Å². The number of para-hydroxylation sites is 3. The maximum atomic E-state index is 6.14. The van der Waals surface area contributed by atoms with Crippen molar-refractivity contribution in [1.82, 2.24) is 0 Å². The van der Waals surface area contributed by atoms with Crippen molar-refractivity contribution in [2.24, 2.45) is 0 Å². The molecule has 0 amide bonds. The predicted octanol–water partition coefficient (Wildman–Crippen LogP) is 19.2. The molecule has 0 aliphatic carbocycles. The number of furan rings is 3. The maximum absolute atomic E-state index is 6.14. The van der Waals surface area contributed by atoms with Gasteiger partial charge in [0.1, 0.15) is 33.5 Å². The summed E-state index contributed by atoms with van der Waals surface area (Å²) in [6.45, 7) is 0. The number of hydrogen-bond donors (Lipinski definition) is 0. The zero-order chi connectivity index (χ0) is 46.1. The molecule has 0 unspecified atom stereocenters. The van der Waals surface area contributed by atoms with Crippen LogP contribution in [-0.4, -0.2) is 0 Å². The lowest BCUT2D eigenvalue weighted by molar-refractivity contribution is 0.668. The Morgan fingerprint density at radius 1 is 0.186 bits per heavy atom. The third-order valence-corrected chi connectivity index (χ3v) is 13.9. The van der Waals surface area contributed by atoms with Gasteiger partial charge >= 0.3 is 0 Å². The van der Waals surface area contributed by atoms with Gasteiger partial charge in [-0.15, -0.1) is 0 Å². The SMILES string of the molecule is c1ccc2c(c1)oc1ccc(-c3ccc(-c4ccc(-c5ccc(N(c6ccc(-c7ccc8oc9ccccc9c8c7)cc6)c6ccc(-c7ccc8oc9ccccc9c8c7)cc6)cc5)cc4)cc3)cc12. The van der Waals surface area contributed by atoms with E-state index < -0.39 is 0 Å². The molecule has 4 heteroatoms. The normalized spacial score (nSPS) is 11.7. The van der Waals surface area contributed by atoms with Gasteiger partial charge in [0.05, 0.1) is 0 Å². The highest BCUT2D eigenvalue weighted by Crippen LogP contribution is 2.41. The molecule has 0 N–H and O–H groups in total. The lowest BCUT2D eigenvalue weighted by atomic mass is 9.97. The van der Waals surface area contributed by atoms with E-state index in [1.807, 2.05) is 36.4 Å². The van der Waals surface area contributed by atoms with Crippen molar-refractivity contribution >= 4 is 82.9 Å². The minimum absolute atomic E-state index is 0.897. The lowest BCUT2D eigenvalue weighted by Gasteiger charge is -2.26. The van der Waals surface area contributed by atoms with Gasteiger partial charge in [-0.25, -0.2) is 0 Å². The minimum atomic E-state index is 0.897. The number of anilines is 3. The number of rotatable bonds is 8. The molecular formula is C66H41NO3. The highest BCUT2D eigenvalue weighted by molar-refractivity contribution is 6.08. The van der Waals surface area contributed by atoms with Crippen molar-refractivity contribution in [2.45, 2.75) is 0 Å². The molecule has 14 aromatic rings. The molecule has 0 radical (unpaired) electrons. The zero-order valence-corrected chi connectivity index (χ0v) is 37.8. The summed E-state index contributed by atoms with van der Waals surface area (Å²) in [4.78, 5) is 2.33. The summed E-state index contributed by atoms with van der Waals surface area (Å²) in [6, 6.07) is 88.5. The average molecular weight is 896 g/mol. The molecular weight excluding hydrogens is 855 g/mol. The first-order valence-corrected chi connectivity index (χ1v) is 23.7. The second kappa shape index (κ2) is 16.2. The molecule has 70 heavy (non-hydrogen) atoms. The Morgan fingerprint density at radius 2 is 0.400 bits per heavy atom. The lowest BCUT2D eigenvalue weighted by Crippen LogP contribution is -2.09. The van der Waals surface area contributed by atoms with Crippen molar-refractivity contribution in [3.63, 3.8) is 0 Å². The van der Waals surface area contributed by atoms with Crippen LogP contribution >= 0.6 is 0 Å². The first kappa shape index (κ1) is 39.8. The van der Waals surface area contributed by atoms with Crippen LogP contribution in [-0.2, 0) is 0 Å². The second-order valence-corrected chi connectivity index (χ2v) is 18.1. The van der Waals surface area contributed by atoms with Crippen molar-refractivity contribution in [1.29, 1.82) is 0 Å². The van der Waals surface area contributed by atoms with E-state index in [0.717, 1.165) is 116 Å². The molecule has 0 saturated carbocycles. The number of nitrogens with zero attached hydrogens (tertiary/aromatic N) is 1. The van der Waals surface area contributed by atoms with Crippen LogP contribution in [0.3, 0.4) is 0 Å². The van der Waals surface area contributed by atoms with Crippen molar-refractivity contribution < 1.29 is 13.3 Å². The van der Waals surface area contributed by atoms with Crippen LogP contribution in [0.15, 0.2) is 262 Å². The van der Waals surface area contributed by atoms with Crippen LogP contribution in [0.5, 0.6) is 0 Å². The van der Waals surface area contributed by atoms with E-state index in [-0.39, 0.29) is 0 Å². The van der Waals surface area contributed by atoms with Gasteiger partial charge in [0.15, 0.2) is 0 Å². The smallest absolute Gasteiger partial charge is 0.135 e. The summed E-state index contributed by atoms with van der Waals surface area (Å²) in [6.07, 6.45) is 0. The number of fused-ring (bicyclic) bond motifs is 9. The van der Waals surface area contributed by atoms with Gasteiger partial charge < -0.3 is 18.2 Å². The highest BCUT2D eigenvalue weighted by atomic mass is 16.3. The van der Waals surface area contributed by atoms with Gasteiger partial charge in [-0.05, 0) is 147 Å². The Balaban J connectivity index is 0.761. The van der Waals surface area contributed by atoms with E-state index in [2.05, 4.69) is 217 Å². The van der Waals surface area contributed by atoms with E-state index in [9.17, 15) is 0 Å². The first-order chi connectivity index (χ1) is 34.6. The zero-order valence-electron chi connectivity index (χ0n) is 37.8. The number of hydrogen-bond acceptors (Lipinski definition) is 4. The molecule has 0 aliphatic heterocycles. The van der Waals surface area contributed by atoms with Crippen LogP contribution in [0.4, 0.5) is 17.1 Å². The summed E-state index contributed by atoms with van der Waals surface area (Å²) in [5.74, 6) is 0. The average Bonchev–Trinajstić information content (AvgIpc) is 4.12. The Morgan fingerprint density at radius 3 is 0.686 bits per heavy atom. The largest absolute Gasteiger partial charge is 0.456 e. The Labute approximate surface area is 403 Å². The van der Waals surface area contributed by atoms with Gasteiger partial charge in [0.25, 0.3) is 0 Å². The molecule has 0 atom stereocenters. The molecule has 0 fully saturated rings. The van der Waals surface area contributed by atoms with Crippen molar-refractivity contribution in [3.05, 3.63) is 249 Å². The van der Waals surface area contributed by atoms with E-state index >= 15 is 0 Å². The third-order valence-electron chi connectivity index (χ3n) is 13.9. The Bertz CT molecular complexity index is 4090. The standard InChI is InChI=1S/C66H41NO3/c1-4-10-61-55(7-1)58-39-49(27-36-64(58)68-61)46-19-17-43(18-20-46)42-13-15-44(16-14-42)45-21-30-52(31-22-45)67(53-32-23-47(24-33-53)50-28-37-65-59(40-50)56-8-2-5-11-62(56)69-65)54-34-25-48(26-35-54)51-29-38-66-60(41-51)57-9-3-6-12-63(57)70-66/h1-41H. The van der Waals surface area contributed by atoms with Gasteiger partial charge in [0, 0.05) is 49.4 Å². The van der Waals surface area contributed by atoms with Crippen LogP contribution in [0.1, 0.15) is 0 Å². The Kier molecular flexibility index (Phi) is 9.17. The quantitative estimate of drug-likeness (QED) is 0.152. The summed E-state index contributed by atoms with van der Waals surface area (Å²) in [7, 11) is 0. The molecule has 3 heterocycles. The molecule has 328 valence electrons. The fourth-order valence-electron chi connectivity index (χ4n) is 10.3. The van der Waals surface area contributed by atoms with Gasteiger partial charge in [-0.1, -0.05) is 158 Å². The molecule has 3 aromatic heterocycles. The summed E-state index contributed by atoms with van der Waals surface area (Å²) in [5, 5.41) is 6.78. The Hall–Kier alpha value is -9.38. The third kappa shape index (κ3) is 6.85. The van der Waals surface area contributed by atoms with E-state index in [1.54, 1.807) is 0 Å².